The Hall–Kier alpha value is -6.40. The predicted octanol–water partition coefficient (Wildman–Crippen LogP) is -2.26. The number of aliphatic carboxylic acids is 2. The van der Waals surface area contributed by atoms with Crippen LogP contribution < -0.4 is 54.4 Å². The quantitative estimate of drug-likeness (QED) is 0.0339. The first-order valence-corrected chi connectivity index (χ1v) is 22.9. The van der Waals surface area contributed by atoms with Gasteiger partial charge >= 0.3 is 11.9 Å². The monoisotopic (exact) mass is 979 g/mol. The third-order valence-corrected chi connectivity index (χ3v) is 10.6. The number of phenols is 1. The van der Waals surface area contributed by atoms with Crippen LogP contribution in [0.5, 0.6) is 5.75 Å². The van der Waals surface area contributed by atoms with E-state index in [1.807, 2.05) is 0 Å². The van der Waals surface area contributed by atoms with Crippen molar-refractivity contribution in [3.05, 3.63) is 29.8 Å². The molecule has 69 heavy (non-hydrogen) atoms. The molecule has 9 atom stereocenters. The molecular weight excluding hydrogens is 905 g/mol. The molecule has 0 aromatic heterocycles. The van der Waals surface area contributed by atoms with Crippen LogP contribution in [0.3, 0.4) is 0 Å². The normalized spacial score (nSPS) is 15.2. The van der Waals surface area contributed by atoms with E-state index in [2.05, 4.69) is 37.2 Å². The minimum Gasteiger partial charge on any atom is -0.508 e. The molecule has 0 fully saturated rings. The summed E-state index contributed by atoms with van der Waals surface area (Å²) in [7, 11) is 0. The molecule has 1 aromatic carbocycles. The highest BCUT2D eigenvalue weighted by Crippen LogP contribution is 2.15. The first-order valence-electron chi connectivity index (χ1n) is 22.9. The number of aromatic hydroxyl groups is 1. The molecule has 0 aliphatic heterocycles. The van der Waals surface area contributed by atoms with Crippen LogP contribution >= 0.6 is 0 Å². The van der Waals surface area contributed by atoms with Gasteiger partial charge in [0, 0.05) is 12.8 Å². The number of amides is 8. The van der Waals surface area contributed by atoms with E-state index in [1.165, 1.54) is 31.2 Å². The third kappa shape index (κ3) is 23.0. The molecule has 1 aromatic rings. The molecule has 0 aliphatic rings. The largest absolute Gasteiger partial charge is 0.508 e. The number of unbranched alkanes of at least 4 members (excludes halogenated alkanes) is 1. The number of aliphatic hydroxyl groups is 1. The van der Waals surface area contributed by atoms with Crippen LogP contribution in [0.4, 0.5) is 0 Å². The van der Waals surface area contributed by atoms with Crippen molar-refractivity contribution in [3.63, 3.8) is 0 Å². The van der Waals surface area contributed by atoms with Gasteiger partial charge in [0.25, 0.3) is 0 Å². The molecule has 17 N–H and O–H groups in total. The van der Waals surface area contributed by atoms with Crippen LogP contribution in [0.2, 0.25) is 0 Å². The van der Waals surface area contributed by atoms with E-state index in [0.717, 1.165) is 0 Å². The summed E-state index contributed by atoms with van der Waals surface area (Å²) >= 11 is 0. The number of hydrogen-bond donors (Lipinski definition) is 14. The van der Waals surface area contributed by atoms with Gasteiger partial charge in [-0.3, -0.25) is 43.2 Å². The molecule has 24 nitrogen and oxygen atoms in total. The van der Waals surface area contributed by atoms with E-state index >= 15 is 0 Å². The molecule has 0 spiro atoms. The van der Waals surface area contributed by atoms with Gasteiger partial charge in [0.05, 0.1) is 12.5 Å². The zero-order valence-electron chi connectivity index (χ0n) is 40.4. The second-order valence-corrected chi connectivity index (χ2v) is 18.2. The average Bonchev–Trinajstić information content (AvgIpc) is 3.24. The van der Waals surface area contributed by atoms with Crippen molar-refractivity contribution in [3.8, 4) is 5.75 Å². The third-order valence-electron chi connectivity index (χ3n) is 10.6. The highest BCUT2D eigenvalue weighted by molar-refractivity contribution is 5.99. The molecule has 388 valence electrons. The number of carbonyl (C=O) groups excluding carboxylic acids is 8. The number of hydrogen-bond acceptors (Lipinski definition) is 14. The maximum Gasteiger partial charge on any atom is 0.326 e. The lowest BCUT2D eigenvalue weighted by Crippen LogP contribution is -2.61. The van der Waals surface area contributed by atoms with Crippen molar-refractivity contribution in [1.82, 2.24) is 37.2 Å². The number of benzene rings is 1. The summed E-state index contributed by atoms with van der Waals surface area (Å²) in [5, 5.41) is 56.0. The summed E-state index contributed by atoms with van der Waals surface area (Å²) in [6.07, 6.45) is -2.45. The summed E-state index contributed by atoms with van der Waals surface area (Å²) < 4.78 is 0. The fraction of sp³-hybridized carbons (Fsp3) is 0.644. The lowest BCUT2D eigenvalue weighted by atomic mass is 9.98. The van der Waals surface area contributed by atoms with Gasteiger partial charge in [-0.2, -0.15) is 0 Å². The fourth-order valence-electron chi connectivity index (χ4n) is 6.81. The van der Waals surface area contributed by atoms with Crippen LogP contribution in [0.1, 0.15) is 105 Å². The molecule has 0 unspecified atom stereocenters. The summed E-state index contributed by atoms with van der Waals surface area (Å²) in [5.41, 5.74) is 17.3. The summed E-state index contributed by atoms with van der Waals surface area (Å²) in [6.45, 7) is 11.6. The Morgan fingerprint density at radius 1 is 0.565 bits per heavy atom. The van der Waals surface area contributed by atoms with Gasteiger partial charge in [0.1, 0.15) is 54.1 Å². The summed E-state index contributed by atoms with van der Waals surface area (Å²) in [6, 6.07) is -5.79. The lowest BCUT2D eigenvalue weighted by molar-refractivity contribution is -0.143. The van der Waals surface area contributed by atoms with E-state index in [0.29, 0.717) is 18.4 Å². The molecule has 0 saturated carbocycles. The van der Waals surface area contributed by atoms with E-state index in [-0.39, 0.29) is 49.8 Å². The zero-order valence-corrected chi connectivity index (χ0v) is 40.4. The van der Waals surface area contributed by atoms with Crippen LogP contribution in [0.15, 0.2) is 24.3 Å². The Morgan fingerprint density at radius 3 is 1.48 bits per heavy atom. The van der Waals surface area contributed by atoms with Crippen LogP contribution in [-0.4, -0.2) is 141 Å². The molecule has 0 aliphatic carbocycles. The Labute approximate surface area is 401 Å². The maximum atomic E-state index is 14.0. The highest BCUT2D eigenvalue weighted by Gasteiger charge is 2.36. The Kier molecular flexibility index (Phi) is 26.5. The second kappa shape index (κ2) is 30.2. The van der Waals surface area contributed by atoms with Crippen LogP contribution in [-0.2, 0) is 54.4 Å². The fourth-order valence-corrected chi connectivity index (χ4v) is 6.81. The summed E-state index contributed by atoms with van der Waals surface area (Å²) in [5.74, 6) is -11.5. The molecule has 24 heteroatoms. The highest BCUT2D eigenvalue weighted by atomic mass is 16.4. The number of carbonyl (C=O) groups is 10. The Balaban J connectivity index is 3.42. The van der Waals surface area contributed by atoms with E-state index in [9.17, 15) is 68.4 Å². The van der Waals surface area contributed by atoms with E-state index < -0.39 is 139 Å². The molecular formula is C45H74N10O14. The van der Waals surface area contributed by atoms with E-state index in [4.69, 9.17) is 17.2 Å². The lowest BCUT2D eigenvalue weighted by Gasteiger charge is -2.29. The Bertz CT molecular complexity index is 1910. The summed E-state index contributed by atoms with van der Waals surface area (Å²) in [4.78, 5) is 131. The second-order valence-electron chi connectivity index (χ2n) is 18.2. The minimum atomic E-state index is -1.73. The smallest absolute Gasteiger partial charge is 0.326 e. The van der Waals surface area contributed by atoms with Crippen molar-refractivity contribution in [1.29, 1.82) is 0 Å². The van der Waals surface area contributed by atoms with Crippen molar-refractivity contribution in [2.75, 3.05) is 6.54 Å². The van der Waals surface area contributed by atoms with Crippen molar-refractivity contribution >= 4 is 59.2 Å². The first kappa shape index (κ1) is 60.6. The first-order chi connectivity index (χ1) is 32.2. The number of aliphatic hydroxyl groups excluding tert-OH is 1. The molecule has 8 amide bonds. The van der Waals surface area contributed by atoms with Gasteiger partial charge in [-0.15, -0.1) is 0 Å². The Morgan fingerprint density at radius 2 is 1.01 bits per heavy atom. The predicted molar refractivity (Wildman–Crippen MR) is 250 cm³/mol. The number of rotatable bonds is 32. The van der Waals surface area contributed by atoms with Gasteiger partial charge in [-0.1, -0.05) is 53.7 Å². The van der Waals surface area contributed by atoms with Crippen molar-refractivity contribution < 1.29 is 68.4 Å². The number of nitrogens with two attached hydrogens (primary N) is 3. The topological polar surface area (TPSA) is 414 Å². The molecule has 0 bridgehead atoms. The van der Waals surface area contributed by atoms with Crippen molar-refractivity contribution in [2.24, 2.45) is 35.0 Å². The minimum absolute atomic E-state index is 0.000192. The van der Waals surface area contributed by atoms with Crippen LogP contribution in [0.25, 0.3) is 0 Å². The standard InChI is InChI=1S/C45H74N10O14/c1-22(2)18-30(39(62)49-28(15-16-35(59)60)38(61)50-29(45(68)69)10-8-9-17-46)51-41(64)33(21-34(47)58)54-44(67)37(24(5)6)55-42(65)31(19-23(3)4)52-40(63)32(53-43(66)36(48)25(7)56)20-26-11-13-27(57)14-12-26/h11-14,22-25,28-33,36-37,56-57H,8-10,15-21,46,48H2,1-7H3,(H2,47,58)(H,49,62)(H,50,61)(H,51,64)(H,52,63)(H,53,66)(H,54,67)(H,55,65)(H,59,60)(H,68,69)/t25-,28+,29+,30+,31+,32+,33+,36+,37+/m1/s1. The molecule has 0 heterocycles. The SMILES string of the molecule is CC(C)C[C@H](NC(=O)[C@H](CC(N)=O)NC(=O)[C@@H](NC(=O)[C@H](CC(C)C)NC(=O)[C@H](Cc1ccc(O)cc1)NC(=O)[C@@H](N)[C@@H](C)O)C(C)C)C(=O)N[C@@H](CCC(=O)O)C(=O)N[C@@H](CCCCN)C(=O)O. The van der Waals surface area contributed by atoms with Crippen LogP contribution in [0, 0.1) is 17.8 Å². The zero-order chi connectivity index (χ0) is 52.7. The van der Waals surface area contributed by atoms with Crippen molar-refractivity contribution in [2.45, 2.75) is 161 Å². The van der Waals surface area contributed by atoms with Gasteiger partial charge in [-0.05, 0) is 87.4 Å². The number of carboxylic acid groups (broad SMARTS) is 2. The number of phenolic OH excluding ortho intramolecular Hbond substituents is 1. The molecule has 0 saturated heterocycles. The van der Waals surface area contributed by atoms with Gasteiger partial charge in [0.15, 0.2) is 0 Å². The number of nitrogens with one attached hydrogen (secondary N) is 7. The number of carboxylic acids is 2. The van der Waals surface area contributed by atoms with Gasteiger partial charge in [-0.25, -0.2) is 4.79 Å². The van der Waals surface area contributed by atoms with E-state index in [1.54, 1.807) is 41.5 Å². The number of primary amides is 1. The van der Waals surface area contributed by atoms with Gasteiger partial charge < -0.3 is 74.8 Å². The van der Waals surface area contributed by atoms with Gasteiger partial charge in [0.2, 0.25) is 47.3 Å². The molecule has 1 rings (SSSR count). The average molecular weight is 979 g/mol. The maximum absolute atomic E-state index is 14.0. The molecule has 0 radical (unpaired) electrons.